The predicted octanol–water partition coefficient (Wildman–Crippen LogP) is 0.00430. The molecular formula is C8H21N3. The fourth-order valence-electron chi connectivity index (χ4n) is 0.901. The molecule has 0 aromatic heterocycles. The fourth-order valence-corrected chi connectivity index (χ4v) is 0.901. The summed E-state index contributed by atoms with van der Waals surface area (Å²) in [5, 5.41) is 0. The third-order valence-electron chi connectivity index (χ3n) is 1.82. The fraction of sp³-hybridized carbons (Fsp3) is 1.00. The van der Waals surface area contributed by atoms with Crippen LogP contribution in [0.25, 0.3) is 0 Å². The predicted molar refractivity (Wildman–Crippen MR) is 49.4 cm³/mol. The number of nitrogens with zero attached hydrogens (tertiary/aromatic N) is 1. The van der Waals surface area contributed by atoms with Crippen LogP contribution >= 0.6 is 0 Å². The Bertz CT molecular complexity index is 99.5. The molecule has 0 radical (unpaired) electrons. The van der Waals surface area contributed by atoms with Gasteiger partial charge in [-0.25, -0.2) is 0 Å². The first-order valence-corrected chi connectivity index (χ1v) is 4.11. The SMILES string of the molecule is CN(C)CCCC(C)(N)CN. The van der Waals surface area contributed by atoms with Crippen molar-refractivity contribution in [1.29, 1.82) is 0 Å². The van der Waals surface area contributed by atoms with Gasteiger partial charge in [-0.3, -0.25) is 0 Å². The van der Waals surface area contributed by atoms with Gasteiger partial charge in [0.15, 0.2) is 0 Å². The van der Waals surface area contributed by atoms with Crippen molar-refractivity contribution in [2.24, 2.45) is 11.5 Å². The van der Waals surface area contributed by atoms with Crippen LogP contribution in [-0.4, -0.2) is 37.6 Å². The Balaban J connectivity index is 3.38. The second-order valence-electron chi connectivity index (χ2n) is 3.76. The van der Waals surface area contributed by atoms with Gasteiger partial charge in [0.05, 0.1) is 0 Å². The molecule has 3 heteroatoms. The van der Waals surface area contributed by atoms with Crippen molar-refractivity contribution in [3.63, 3.8) is 0 Å². The van der Waals surface area contributed by atoms with Crippen LogP contribution in [0.1, 0.15) is 19.8 Å². The minimum absolute atomic E-state index is 0.171. The Morgan fingerprint density at radius 2 is 1.91 bits per heavy atom. The minimum Gasteiger partial charge on any atom is -0.329 e. The standard InChI is InChI=1S/C8H21N3/c1-8(10,7-9)5-4-6-11(2)3/h4-7,9-10H2,1-3H3. The van der Waals surface area contributed by atoms with Gasteiger partial charge in [-0.05, 0) is 40.4 Å². The lowest BCUT2D eigenvalue weighted by molar-refractivity contribution is 0.352. The number of hydrogen-bond acceptors (Lipinski definition) is 3. The minimum atomic E-state index is -0.171. The Hall–Kier alpha value is -0.120. The van der Waals surface area contributed by atoms with E-state index in [-0.39, 0.29) is 5.54 Å². The molecule has 0 spiro atoms. The Kier molecular flexibility index (Phi) is 4.65. The molecule has 0 amide bonds. The van der Waals surface area contributed by atoms with Crippen molar-refractivity contribution in [3.8, 4) is 0 Å². The van der Waals surface area contributed by atoms with E-state index in [1.54, 1.807) is 0 Å². The zero-order valence-electron chi connectivity index (χ0n) is 7.93. The van der Waals surface area contributed by atoms with E-state index < -0.39 is 0 Å². The quantitative estimate of drug-likeness (QED) is 0.594. The van der Waals surface area contributed by atoms with Crippen LogP contribution in [-0.2, 0) is 0 Å². The molecule has 68 valence electrons. The molecule has 0 aromatic carbocycles. The highest BCUT2D eigenvalue weighted by molar-refractivity contribution is 4.79. The molecule has 0 aromatic rings. The lowest BCUT2D eigenvalue weighted by atomic mass is 9.97. The van der Waals surface area contributed by atoms with E-state index in [0.717, 1.165) is 19.4 Å². The summed E-state index contributed by atoms with van der Waals surface area (Å²) in [4.78, 5) is 2.16. The molecule has 0 aliphatic carbocycles. The summed E-state index contributed by atoms with van der Waals surface area (Å²) in [6, 6.07) is 0. The van der Waals surface area contributed by atoms with Gasteiger partial charge in [0, 0.05) is 12.1 Å². The van der Waals surface area contributed by atoms with Gasteiger partial charge in [0.1, 0.15) is 0 Å². The van der Waals surface area contributed by atoms with E-state index in [0.29, 0.717) is 6.54 Å². The van der Waals surface area contributed by atoms with Gasteiger partial charge >= 0.3 is 0 Å². The topological polar surface area (TPSA) is 55.3 Å². The summed E-state index contributed by atoms with van der Waals surface area (Å²) >= 11 is 0. The van der Waals surface area contributed by atoms with E-state index >= 15 is 0 Å². The Morgan fingerprint density at radius 3 is 2.27 bits per heavy atom. The molecule has 4 N–H and O–H groups in total. The molecule has 0 saturated heterocycles. The van der Waals surface area contributed by atoms with Gasteiger partial charge in [-0.2, -0.15) is 0 Å². The lowest BCUT2D eigenvalue weighted by Crippen LogP contribution is -2.44. The normalized spacial score (nSPS) is 16.9. The molecule has 0 rings (SSSR count). The third kappa shape index (κ3) is 6.28. The number of rotatable bonds is 5. The van der Waals surface area contributed by atoms with Crippen LogP contribution < -0.4 is 11.5 Å². The zero-order valence-corrected chi connectivity index (χ0v) is 7.93. The van der Waals surface area contributed by atoms with Crippen molar-refractivity contribution in [2.45, 2.75) is 25.3 Å². The maximum absolute atomic E-state index is 5.86. The van der Waals surface area contributed by atoms with Crippen LogP contribution in [0.15, 0.2) is 0 Å². The van der Waals surface area contributed by atoms with Crippen LogP contribution in [0.2, 0.25) is 0 Å². The molecular weight excluding hydrogens is 138 g/mol. The van der Waals surface area contributed by atoms with Crippen molar-refractivity contribution >= 4 is 0 Å². The van der Waals surface area contributed by atoms with Gasteiger partial charge in [-0.15, -0.1) is 0 Å². The molecule has 0 bridgehead atoms. The first kappa shape index (κ1) is 10.9. The second kappa shape index (κ2) is 4.70. The molecule has 0 aliphatic rings. The second-order valence-corrected chi connectivity index (χ2v) is 3.76. The van der Waals surface area contributed by atoms with E-state index in [9.17, 15) is 0 Å². The number of hydrogen-bond donors (Lipinski definition) is 2. The monoisotopic (exact) mass is 159 g/mol. The summed E-state index contributed by atoms with van der Waals surface area (Å²) in [5.41, 5.74) is 11.2. The van der Waals surface area contributed by atoms with Gasteiger partial charge < -0.3 is 16.4 Å². The summed E-state index contributed by atoms with van der Waals surface area (Å²) < 4.78 is 0. The Morgan fingerprint density at radius 1 is 1.36 bits per heavy atom. The molecule has 11 heavy (non-hydrogen) atoms. The van der Waals surface area contributed by atoms with Crippen LogP contribution in [0.5, 0.6) is 0 Å². The van der Waals surface area contributed by atoms with Crippen LogP contribution in [0, 0.1) is 0 Å². The maximum Gasteiger partial charge on any atom is 0.0250 e. The van der Waals surface area contributed by atoms with Gasteiger partial charge in [0.25, 0.3) is 0 Å². The van der Waals surface area contributed by atoms with Crippen LogP contribution in [0.4, 0.5) is 0 Å². The summed E-state index contributed by atoms with van der Waals surface area (Å²) in [5.74, 6) is 0. The summed E-state index contributed by atoms with van der Waals surface area (Å²) in [7, 11) is 4.13. The van der Waals surface area contributed by atoms with Crippen molar-refractivity contribution in [3.05, 3.63) is 0 Å². The molecule has 0 aliphatic heterocycles. The van der Waals surface area contributed by atoms with E-state index in [2.05, 4.69) is 19.0 Å². The third-order valence-corrected chi connectivity index (χ3v) is 1.82. The van der Waals surface area contributed by atoms with Crippen LogP contribution in [0.3, 0.4) is 0 Å². The van der Waals surface area contributed by atoms with Gasteiger partial charge in [0.2, 0.25) is 0 Å². The molecule has 0 fully saturated rings. The number of nitrogens with two attached hydrogens (primary N) is 2. The molecule has 0 heterocycles. The van der Waals surface area contributed by atoms with E-state index in [4.69, 9.17) is 11.5 Å². The Labute approximate surface area is 69.7 Å². The highest BCUT2D eigenvalue weighted by atomic mass is 15.0. The molecule has 3 nitrogen and oxygen atoms in total. The van der Waals surface area contributed by atoms with E-state index in [1.165, 1.54) is 0 Å². The van der Waals surface area contributed by atoms with E-state index in [1.807, 2.05) is 6.92 Å². The van der Waals surface area contributed by atoms with Crippen molar-refractivity contribution in [2.75, 3.05) is 27.2 Å². The zero-order chi connectivity index (χ0) is 8.91. The summed E-state index contributed by atoms with van der Waals surface area (Å²) in [6.45, 7) is 3.66. The maximum atomic E-state index is 5.86. The highest BCUT2D eigenvalue weighted by Crippen LogP contribution is 2.06. The summed E-state index contributed by atoms with van der Waals surface area (Å²) in [6.07, 6.45) is 2.12. The molecule has 1 atom stereocenters. The smallest absolute Gasteiger partial charge is 0.0250 e. The average molecular weight is 159 g/mol. The molecule has 0 saturated carbocycles. The lowest BCUT2D eigenvalue weighted by Gasteiger charge is -2.22. The average Bonchev–Trinajstić information content (AvgIpc) is 1.87. The first-order chi connectivity index (χ1) is 4.98. The largest absolute Gasteiger partial charge is 0.329 e. The highest BCUT2D eigenvalue weighted by Gasteiger charge is 2.14. The molecule has 1 unspecified atom stereocenters. The van der Waals surface area contributed by atoms with Gasteiger partial charge in [-0.1, -0.05) is 0 Å². The first-order valence-electron chi connectivity index (χ1n) is 4.11. The van der Waals surface area contributed by atoms with Crippen molar-refractivity contribution in [1.82, 2.24) is 4.90 Å². The van der Waals surface area contributed by atoms with Crippen molar-refractivity contribution < 1.29 is 0 Å².